The quantitative estimate of drug-likeness (QED) is 0.712. The molecule has 0 unspecified atom stereocenters. The minimum absolute atomic E-state index is 0.135. The summed E-state index contributed by atoms with van der Waals surface area (Å²) in [6.45, 7) is 11.8. The lowest BCUT2D eigenvalue weighted by molar-refractivity contribution is 0.300. The summed E-state index contributed by atoms with van der Waals surface area (Å²) in [4.78, 5) is 0. The molecule has 0 saturated heterocycles. The largest absolute Gasteiger partial charge is 0.493 e. The van der Waals surface area contributed by atoms with Crippen LogP contribution in [0.1, 0.15) is 52.5 Å². The molecule has 19 heavy (non-hydrogen) atoms. The smallest absolute Gasteiger partial charge is 0.123 e. The van der Waals surface area contributed by atoms with Crippen LogP contribution in [0.3, 0.4) is 0 Å². The van der Waals surface area contributed by atoms with Crippen LogP contribution in [0, 0.1) is 0 Å². The van der Waals surface area contributed by atoms with Crippen molar-refractivity contribution in [2.45, 2.75) is 52.4 Å². The molecule has 0 amide bonds. The van der Waals surface area contributed by atoms with Crippen molar-refractivity contribution < 1.29 is 4.74 Å². The first-order chi connectivity index (χ1) is 9.05. The van der Waals surface area contributed by atoms with Gasteiger partial charge >= 0.3 is 0 Å². The van der Waals surface area contributed by atoms with Crippen LogP contribution in [-0.4, -0.2) is 19.7 Å². The second kappa shape index (κ2) is 8.21. The van der Waals surface area contributed by atoms with Crippen LogP contribution in [0.15, 0.2) is 24.3 Å². The molecular weight excluding hydrogens is 234 g/mol. The molecule has 0 spiro atoms. The number of rotatable bonds is 8. The van der Waals surface area contributed by atoms with E-state index in [-0.39, 0.29) is 5.41 Å². The summed E-state index contributed by atoms with van der Waals surface area (Å²) < 4.78 is 5.93. The number of hydrogen-bond acceptors (Lipinski definition) is 2. The van der Waals surface area contributed by atoms with Crippen molar-refractivity contribution >= 4 is 0 Å². The van der Waals surface area contributed by atoms with E-state index in [1.807, 2.05) is 6.07 Å². The number of ether oxygens (including phenoxy) is 1. The Labute approximate surface area is 118 Å². The Bertz CT molecular complexity index is 355. The molecule has 0 aromatic heterocycles. The first-order valence-corrected chi connectivity index (χ1v) is 7.48. The molecule has 2 nitrogen and oxygen atoms in total. The van der Waals surface area contributed by atoms with Gasteiger partial charge in [-0.2, -0.15) is 0 Å². The second-order valence-corrected chi connectivity index (χ2v) is 6.05. The fourth-order valence-corrected chi connectivity index (χ4v) is 2.02. The molecule has 2 heteroatoms. The Kier molecular flexibility index (Phi) is 6.93. The van der Waals surface area contributed by atoms with Crippen LogP contribution in [0.4, 0.5) is 0 Å². The molecule has 1 rings (SSSR count). The summed E-state index contributed by atoms with van der Waals surface area (Å²) >= 11 is 0. The zero-order valence-electron chi connectivity index (χ0n) is 13.0. The van der Waals surface area contributed by atoms with Gasteiger partial charge in [-0.05, 0) is 43.0 Å². The maximum atomic E-state index is 5.93. The number of nitrogens with one attached hydrogen (secondary N) is 1. The third-order valence-corrected chi connectivity index (χ3v) is 3.16. The number of hydrogen-bond donors (Lipinski definition) is 1. The normalized spacial score (nSPS) is 11.6. The molecule has 0 aliphatic rings. The molecule has 0 atom stereocenters. The summed E-state index contributed by atoms with van der Waals surface area (Å²) in [5.74, 6) is 1.03. The van der Waals surface area contributed by atoms with Crippen molar-refractivity contribution in [3.8, 4) is 5.75 Å². The minimum Gasteiger partial charge on any atom is -0.493 e. The molecule has 0 aliphatic heterocycles. The predicted molar refractivity (Wildman–Crippen MR) is 83.0 cm³/mol. The van der Waals surface area contributed by atoms with Gasteiger partial charge in [-0.1, -0.05) is 52.3 Å². The van der Waals surface area contributed by atoms with E-state index in [0.29, 0.717) is 0 Å². The second-order valence-electron chi connectivity index (χ2n) is 6.05. The van der Waals surface area contributed by atoms with E-state index >= 15 is 0 Å². The molecule has 0 aliphatic carbocycles. The molecule has 0 saturated carbocycles. The minimum atomic E-state index is 0.135. The highest BCUT2D eigenvalue weighted by atomic mass is 16.5. The fraction of sp³-hybridized carbons (Fsp3) is 0.647. The van der Waals surface area contributed by atoms with Crippen LogP contribution in [0.5, 0.6) is 5.75 Å². The third kappa shape index (κ3) is 6.11. The van der Waals surface area contributed by atoms with Crippen molar-refractivity contribution in [2.75, 3.05) is 19.7 Å². The van der Waals surface area contributed by atoms with E-state index in [1.54, 1.807) is 0 Å². The Morgan fingerprint density at radius 3 is 2.42 bits per heavy atom. The molecular formula is C17H29NO. The van der Waals surface area contributed by atoms with Gasteiger partial charge in [0.1, 0.15) is 5.75 Å². The van der Waals surface area contributed by atoms with Gasteiger partial charge in [0.25, 0.3) is 0 Å². The molecule has 0 fully saturated rings. The Balaban J connectivity index is 2.33. The molecule has 0 radical (unpaired) electrons. The van der Waals surface area contributed by atoms with Crippen molar-refractivity contribution in [1.29, 1.82) is 0 Å². The van der Waals surface area contributed by atoms with Crippen molar-refractivity contribution in [2.24, 2.45) is 0 Å². The average molecular weight is 263 g/mol. The number of unbranched alkanes of at least 4 members (excludes halogenated alkanes) is 1. The topological polar surface area (TPSA) is 21.3 Å². The van der Waals surface area contributed by atoms with Crippen LogP contribution in [0.25, 0.3) is 0 Å². The van der Waals surface area contributed by atoms with Gasteiger partial charge < -0.3 is 10.1 Å². The van der Waals surface area contributed by atoms with Crippen LogP contribution in [0.2, 0.25) is 0 Å². The van der Waals surface area contributed by atoms with Gasteiger partial charge in [-0.3, -0.25) is 0 Å². The van der Waals surface area contributed by atoms with Crippen molar-refractivity contribution in [1.82, 2.24) is 5.32 Å². The number of benzene rings is 1. The maximum Gasteiger partial charge on any atom is 0.123 e. The summed E-state index contributed by atoms with van der Waals surface area (Å²) in [6, 6.07) is 8.36. The zero-order chi connectivity index (χ0) is 14.1. The van der Waals surface area contributed by atoms with Gasteiger partial charge in [0.15, 0.2) is 0 Å². The maximum absolute atomic E-state index is 5.93. The average Bonchev–Trinajstić information content (AvgIpc) is 2.37. The lowest BCUT2D eigenvalue weighted by atomic mass is 9.86. The Morgan fingerprint density at radius 2 is 1.74 bits per heavy atom. The highest BCUT2D eigenvalue weighted by Crippen LogP contribution is 2.30. The molecule has 1 N–H and O–H groups in total. The summed E-state index contributed by atoms with van der Waals surface area (Å²) in [5.41, 5.74) is 1.42. The van der Waals surface area contributed by atoms with Crippen LogP contribution < -0.4 is 10.1 Å². The van der Waals surface area contributed by atoms with E-state index in [0.717, 1.165) is 31.9 Å². The van der Waals surface area contributed by atoms with Crippen molar-refractivity contribution in [3.05, 3.63) is 29.8 Å². The van der Waals surface area contributed by atoms with Gasteiger partial charge in [-0.25, -0.2) is 0 Å². The fourth-order valence-electron chi connectivity index (χ4n) is 2.02. The van der Waals surface area contributed by atoms with Crippen molar-refractivity contribution in [3.63, 3.8) is 0 Å². The number of para-hydroxylation sites is 1. The van der Waals surface area contributed by atoms with Gasteiger partial charge in [0, 0.05) is 0 Å². The molecule has 1 aromatic rings. The standard InChI is InChI=1S/C17H29NO/c1-5-6-12-18-13-9-14-19-16-11-8-7-10-15(16)17(2,3)4/h7-8,10-11,18H,5-6,9,12-14H2,1-4H3. The van der Waals surface area contributed by atoms with E-state index in [1.165, 1.54) is 18.4 Å². The summed E-state index contributed by atoms with van der Waals surface area (Å²) in [5, 5.41) is 3.44. The molecule has 1 aromatic carbocycles. The highest BCUT2D eigenvalue weighted by molar-refractivity contribution is 5.38. The van der Waals surface area contributed by atoms with Crippen LogP contribution in [-0.2, 0) is 5.41 Å². The third-order valence-electron chi connectivity index (χ3n) is 3.16. The first kappa shape index (κ1) is 16.0. The zero-order valence-corrected chi connectivity index (χ0v) is 13.0. The monoisotopic (exact) mass is 263 g/mol. The molecule has 0 bridgehead atoms. The molecule has 0 heterocycles. The predicted octanol–water partition coefficient (Wildman–Crippen LogP) is 4.14. The Morgan fingerprint density at radius 1 is 1.05 bits per heavy atom. The summed E-state index contributed by atoms with van der Waals surface area (Å²) in [7, 11) is 0. The first-order valence-electron chi connectivity index (χ1n) is 7.48. The molecule has 108 valence electrons. The Hall–Kier alpha value is -1.02. The van der Waals surface area contributed by atoms with E-state index in [4.69, 9.17) is 4.74 Å². The van der Waals surface area contributed by atoms with E-state index < -0.39 is 0 Å². The lowest BCUT2D eigenvalue weighted by Crippen LogP contribution is -2.19. The van der Waals surface area contributed by atoms with Gasteiger partial charge in [0.05, 0.1) is 6.61 Å². The van der Waals surface area contributed by atoms with Gasteiger partial charge in [0.2, 0.25) is 0 Å². The van der Waals surface area contributed by atoms with Gasteiger partial charge in [-0.15, -0.1) is 0 Å². The summed E-state index contributed by atoms with van der Waals surface area (Å²) in [6.07, 6.45) is 3.57. The highest BCUT2D eigenvalue weighted by Gasteiger charge is 2.17. The van der Waals surface area contributed by atoms with E-state index in [9.17, 15) is 0 Å². The SMILES string of the molecule is CCCCNCCCOc1ccccc1C(C)(C)C. The lowest BCUT2D eigenvalue weighted by Gasteiger charge is -2.22. The van der Waals surface area contributed by atoms with Crippen LogP contribution >= 0.6 is 0 Å². The van der Waals surface area contributed by atoms with E-state index in [2.05, 4.69) is 51.2 Å².